The summed E-state index contributed by atoms with van der Waals surface area (Å²) >= 11 is 6.45. The molecule has 1 heterocycles. The topological polar surface area (TPSA) is 145 Å². The minimum atomic E-state index is -3.45. The monoisotopic (exact) mass is 669 g/mol. The maximum Gasteiger partial charge on any atom is 0.257 e. The van der Waals surface area contributed by atoms with Gasteiger partial charge < -0.3 is 34.5 Å². The molecule has 46 heavy (non-hydrogen) atoms. The summed E-state index contributed by atoms with van der Waals surface area (Å²) in [6, 6.07) is 5.94. The van der Waals surface area contributed by atoms with E-state index in [0.717, 1.165) is 24.1 Å². The molecular weight excluding hydrogens is 620 g/mol. The normalized spacial score (nSPS) is 20.3. The molecule has 0 saturated carbocycles. The van der Waals surface area contributed by atoms with Crippen molar-refractivity contribution in [1.82, 2.24) is 9.96 Å². The van der Waals surface area contributed by atoms with Gasteiger partial charge in [-0.2, -0.15) is 0 Å². The molecule has 3 aromatic rings. The number of aryl methyl sites for hydroxylation is 2. The average Bonchev–Trinajstić information content (AvgIpc) is 3.13. The average molecular weight is 670 g/mol. The molecule has 0 unspecified atom stereocenters. The van der Waals surface area contributed by atoms with Crippen molar-refractivity contribution in [2.24, 2.45) is 0 Å². The molecule has 4 amide bonds. The van der Waals surface area contributed by atoms with E-state index in [1.165, 1.54) is 0 Å². The van der Waals surface area contributed by atoms with E-state index >= 15 is 0 Å². The summed E-state index contributed by atoms with van der Waals surface area (Å²) < 4.78 is 133. The Labute approximate surface area is 292 Å². The zero-order valence-corrected chi connectivity index (χ0v) is 25.0. The summed E-state index contributed by atoms with van der Waals surface area (Å²) in [6.45, 7) is 0.0343. The number of amides is 4. The standard InChI is InChI=1S/C32H35ClN4O9/c1-16-9-17(2)11-18(10-16)46-24-12-19-21(34-31(40)23(36(3)32(19)41)15-26(38)37(4)45-8)14-22(24)35-30(39)20-13-25(42-5)28(43-6)29(44-7)27(20)33/h9-14,23H,15H2,1-8H3,(H,34,40)(H,35,39)/t23-/m0/s1/i4D3,5D3,6D3,7D3,8D3. The van der Waals surface area contributed by atoms with Gasteiger partial charge in [0.2, 0.25) is 17.6 Å². The summed E-state index contributed by atoms with van der Waals surface area (Å²) in [5.74, 6) is -8.22. The number of halogens is 1. The first-order valence-corrected chi connectivity index (χ1v) is 13.3. The third kappa shape index (κ3) is 6.80. The van der Waals surface area contributed by atoms with Gasteiger partial charge in [-0.15, -0.1) is 0 Å². The molecule has 0 fully saturated rings. The number of carbonyl (C=O) groups is 4. The lowest BCUT2D eigenvalue weighted by Crippen LogP contribution is -2.45. The first-order valence-electron chi connectivity index (χ1n) is 20.4. The smallest absolute Gasteiger partial charge is 0.257 e. The number of nitrogens with one attached hydrogen (secondary N) is 2. The van der Waals surface area contributed by atoms with E-state index in [4.69, 9.17) is 51.1 Å². The Balaban J connectivity index is 1.88. The second-order valence-electron chi connectivity index (χ2n) is 9.88. The Hall–Kier alpha value is -5.01. The molecule has 0 saturated heterocycles. The highest BCUT2D eigenvalue weighted by atomic mass is 35.5. The van der Waals surface area contributed by atoms with Gasteiger partial charge in [0.05, 0.1) is 78.5 Å². The number of anilines is 2. The lowest BCUT2D eigenvalue weighted by Gasteiger charge is -2.25. The molecule has 1 atom stereocenters. The molecule has 0 aliphatic carbocycles. The second kappa shape index (κ2) is 14.0. The first-order chi connectivity index (χ1) is 27.6. The van der Waals surface area contributed by atoms with Crippen molar-refractivity contribution >= 4 is 46.6 Å². The molecule has 1 aliphatic heterocycles. The zero-order chi connectivity index (χ0) is 46.4. The number of carbonyl (C=O) groups excluding carboxylic acids is 4. The molecule has 13 nitrogen and oxygen atoms in total. The molecule has 0 radical (unpaired) electrons. The second-order valence-corrected chi connectivity index (χ2v) is 10.3. The van der Waals surface area contributed by atoms with Crippen molar-refractivity contribution in [3.8, 4) is 28.7 Å². The highest BCUT2D eigenvalue weighted by Crippen LogP contribution is 2.45. The van der Waals surface area contributed by atoms with Crippen molar-refractivity contribution in [2.75, 3.05) is 52.8 Å². The Kier molecular flexibility index (Phi) is 5.72. The largest absolute Gasteiger partial charge is 0.493 e. The van der Waals surface area contributed by atoms with Crippen molar-refractivity contribution in [1.29, 1.82) is 0 Å². The summed E-state index contributed by atoms with van der Waals surface area (Å²) in [6.07, 6.45) is -1.09. The van der Waals surface area contributed by atoms with Crippen molar-refractivity contribution in [3.05, 3.63) is 63.7 Å². The summed E-state index contributed by atoms with van der Waals surface area (Å²) in [4.78, 5) is 60.0. The highest BCUT2D eigenvalue weighted by Gasteiger charge is 2.36. The van der Waals surface area contributed by atoms with Crippen LogP contribution in [0.15, 0.2) is 36.4 Å². The Morgan fingerprint density at radius 1 is 0.978 bits per heavy atom. The van der Waals surface area contributed by atoms with Gasteiger partial charge in [0.15, 0.2) is 17.2 Å². The van der Waals surface area contributed by atoms with Crippen LogP contribution in [-0.2, 0) is 14.4 Å². The Morgan fingerprint density at radius 3 is 2.37 bits per heavy atom. The molecule has 0 spiro atoms. The fraction of sp³-hybridized carbons (Fsp3) is 0.312. The molecular formula is C32H35ClN4O9. The van der Waals surface area contributed by atoms with Crippen LogP contribution in [-0.4, -0.2) is 81.8 Å². The lowest BCUT2D eigenvalue weighted by atomic mass is 10.1. The predicted octanol–water partition coefficient (Wildman–Crippen LogP) is 4.83. The van der Waals surface area contributed by atoms with Crippen molar-refractivity contribution in [2.45, 2.75) is 26.3 Å². The Bertz CT molecular complexity index is 2210. The van der Waals surface area contributed by atoms with Gasteiger partial charge in [-0.05, 0) is 55.3 Å². The molecule has 0 aromatic heterocycles. The van der Waals surface area contributed by atoms with E-state index in [9.17, 15) is 19.2 Å². The van der Waals surface area contributed by atoms with Crippen LogP contribution in [0.25, 0.3) is 0 Å². The van der Waals surface area contributed by atoms with E-state index in [1.807, 2.05) is 0 Å². The summed E-state index contributed by atoms with van der Waals surface area (Å²) in [5, 5.41) is 3.52. The van der Waals surface area contributed by atoms with Crippen molar-refractivity contribution in [3.63, 3.8) is 0 Å². The molecule has 14 heteroatoms. The quantitative estimate of drug-likeness (QED) is 0.290. The SMILES string of the molecule is [2H]C([2H])([2H])Oc1cc(C(=O)Nc2cc3c(cc2Oc2cc(C)cc(C)c2)C(=O)N(C)[C@@H](CC(=O)N(OC([2H])([2H])[2H])C([2H])([2H])[2H])C(=O)N3)c(Cl)c(OC([2H])([2H])[2H])c1OC([2H])([2H])[2H]. The van der Waals surface area contributed by atoms with E-state index < -0.39 is 104 Å². The fourth-order valence-corrected chi connectivity index (χ4v) is 4.89. The number of ether oxygens (including phenoxy) is 4. The number of nitrogens with zero attached hydrogens (tertiary/aromatic N) is 2. The van der Waals surface area contributed by atoms with Crippen LogP contribution in [0.4, 0.5) is 11.4 Å². The fourth-order valence-electron chi connectivity index (χ4n) is 4.63. The maximum atomic E-state index is 14.1. The molecule has 3 aromatic carbocycles. The van der Waals surface area contributed by atoms with Crippen LogP contribution in [0.1, 0.15) is 58.8 Å². The summed E-state index contributed by atoms with van der Waals surface area (Å²) in [7, 11) is -12.4. The summed E-state index contributed by atoms with van der Waals surface area (Å²) in [5.41, 5.74) is -0.314. The molecule has 1 aliphatic rings. The van der Waals surface area contributed by atoms with Gasteiger partial charge in [0.25, 0.3) is 11.8 Å². The number of hydrogen-bond donors (Lipinski definition) is 2. The van der Waals surface area contributed by atoms with Gasteiger partial charge in [0, 0.05) is 18.1 Å². The van der Waals surface area contributed by atoms with Gasteiger partial charge >= 0.3 is 0 Å². The molecule has 0 bridgehead atoms. The van der Waals surface area contributed by atoms with Gasteiger partial charge in [0.1, 0.15) is 11.8 Å². The van der Waals surface area contributed by atoms with Gasteiger partial charge in [-0.1, -0.05) is 17.7 Å². The van der Waals surface area contributed by atoms with Crippen LogP contribution in [0.5, 0.6) is 28.7 Å². The van der Waals surface area contributed by atoms with Crippen LogP contribution < -0.4 is 29.6 Å². The number of hydrogen-bond acceptors (Lipinski definition) is 9. The van der Waals surface area contributed by atoms with E-state index in [2.05, 4.69) is 15.5 Å². The number of fused-ring (bicyclic) bond motifs is 1. The number of likely N-dealkylation sites (N-methyl/N-ethyl adjacent to an activating group) is 1. The van der Waals surface area contributed by atoms with E-state index in [-0.39, 0.29) is 28.4 Å². The maximum absolute atomic E-state index is 14.1. The Morgan fingerprint density at radius 2 is 1.70 bits per heavy atom. The number of benzene rings is 3. The van der Waals surface area contributed by atoms with Crippen LogP contribution in [0.2, 0.25) is 5.02 Å². The van der Waals surface area contributed by atoms with Crippen molar-refractivity contribution < 1.29 is 63.5 Å². The van der Waals surface area contributed by atoms with E-state index in [1.54, 1.807) is 32.0 Å². The first kappa shape index (κ1) is 18.8. The predicted molar refractivity (Wildman–Crippen MR) is 170 cm³/mol. The number of hydroxylamine groups is 2. The molecule has 4 rings (SSSR count). The minimum Gasteiger partial charge on any atom is -0.493 e. The molecule has 244 valence electrons. The number of rotatable bonds is 10. The third-order valence-electron chi connectivity index (χ3n) is 6.76. The number of methoxy groups -OCH3 is 3. The van der Waals surface area contributed by atoms with Crippen LogP contribution in [0, 0.1) is 13.8 Å². The third-order valence-corrected chi connectivity index (χ3v) is 7.13. The van der Waals surface area contributed by atoms with E-state index in [0.29, 0.717) is 17.2 Å². The highest BCUT2D eigenvalue weighted by molar-refractivity contribution is 6.36. The minimum absolute atomic E-state index is 0.167. The zero-order valence-electron chi connectivity index (χ0n) is 39.2. The van der Waals surface area contributed by atoms with Crippen LogP contribution in [0.3, 0.4) is 0 Å². The van der Waals surface area contributed by atoms with Crippen LogP contribution >= 0.6 is 11.6 Å². The molecule has 2 N–H and O–H groups in total. The van der Waals surface area contributed by atoms with Gasteiger partial charge in [-0.25, -0.2) is 5.06 Å². The lowest BCUT2D eigenvalue weighted by molar-refractivity contribution is -0.170. The van der Waals surface area contributed by atoms with Gasteiger partial charge in [-0.3, -0.25) is 24.0 Å².